The van der Waals surface area contributed by atoms with E-state index >= 15 is 0 Å². The summed E-state index contributed by atoms with van der Waals surface area (Å²) in [5.41, 5.74) is 1.59. The number of carbonyl (C=O) groups excluding carboxylic acids is 3. The molecule has 152 valence electrons. The molecule has 0 aliphatic carbocycles. The predicted molar refractivity (Wildman–Crippen MR) is 111 cm³/mol. The van der Waals surface area contributed by atoms with Gasteiger partial charge in [0.2, 0.25) is 11.5 Å². The first-order chi connectivity index (χ1) is 14.4. The van der Waals surface area contributed by atoms with Crippen LogP contribution in [0.3, 0.4) is 0 Å². The molecule has 0 aliphatic rings. The number of aromatic amines is 1. The standard InChI is InChI=1S/C22H18N2O6/c1-29-21(27)14-4-3-5-16(10-14)23-19(25)9-7-13-12-20(26)24-18-11-15(22(28)30-2)6-8-17(13)18/h3-12H,1-2H3,(H,23,25)(H,24,26)/b9-7-. The second kappa shape index (κ2) is 8.87. The molecule has 0 atom stereocenters. The van der Waals surface area contributed by atoms with Crippen LogP contribution in [0.4, 0.5) is 5.69 Å². The quantitative estimate of drug-likeness (QED) is 0.497. The first-order valence-electron chi connectivity index (χ1n) is 8.84. The van der Waals surface area contributed by atoms with Gasteiger partial charge in [0.15, 0.2) is 0 Å². The molecule has 3 aromatic rings. The Morgan fingerprint density at radius 3 is 2.33 bits per heavy atom. The van der Waals surface area contributed by atoms with Gasteiger partial charge in [0.1, 0.15) is 0 Å². The van der Waals surface area contributed by atoms with Crippen LogP contribution in [0.25, 0.3) is 17.0 Å². The number of esters is 2. The fourth-order valence-electron chi connectivity index (χ4n) is 2.86. The summed E-state index contributed by atoms with van der Waals surface area (Å²) in [4.78, 5) is 50.2. The Labute approximate surface area is 171 Å². The maximum absolute atomic E-state index is 12.3. The average molecular weight is 406 g/mol. The highest BCUT2D eigenvalue weighted by atomic mass is 16.5. The van der Waals surface area contributed by atoms with Crippen molar-refractivity contribution in [2.45, 2.75) is 0 Å². The summed E-state index contributed by atoms with van der Waals surface area (Å²) in [6, 6.07) is 12.4. The largest absolute Gasteiger partial charge is 0.465 e. The topological polar surface area (TPSA) is 115 Å². The minimum absolute atomic E-state index is 0.296. The molecule has 0 unspecified atom stereocenters. The van der Waals surface area contributed by atoms with Gasteiger partial charge in [-0.1, -0.05) is 12.1 Å². The lowest BCUT2D eigenvalue weighted by Gasteiger charge is -2.06. The minimum Gasteiger partial charge on any atom is -0.465 e. The number of rotatable bonds is 5. The van der Waals surface area contributed by atoms with E-state index in [1.54, 1.807) is 30.3 Å². The van der Waals surface area contributed by atoms with Crippen molar-refractivity contribution in [1.29, 1.82) is 0 Å². The third kappa shape index (κ3) is 4.61. The van der Waals surface area contributed by atoms with E-state index in [9.17, 15) is 19.2 Å². The van der Waals surface area contributed by atoms with E-state index in [1.807, 2.05) is 0 Å². The van der Waals surface area contributed by atoms with Gasteiger partial charge >= 0.3 is 11.9 Å². The zero-order valence-electron chi connectivity index (χ0n) is 16.2. The van der Waals surface area contributed by atoms with Crippen LogP contribution < -0.4 is 10.9 Å². The van der Waals surface area contributed by atoms with Gasteiger partial charge in [-0.2, -0.15) is 0 Å². The molecule has 8 heteroatoms. The van der Waals surface area contributed by atoms with Crippen LogP contribution in [0.2, 0.25) is 0 Å². The Bertz CT molecular complexity index is 1230. The maximum Gasteiger partial charge on any atom is 0.337 e. The Hall–Kier alpha value is -4.20. The molecular formula is C22H18N2O6. The molecule has 1 amide bonds. The maximum atomic E-state index is 12.3. The summed E-state index contributed by atoms with van der Waals surface area (Å²) < 4.78 is 9.34. The van der Waals surface area contributed by atoms with Gasteiger partial charge in [-0.15, -0.1) is 0 Å². The Morgan fingerprint density at radius 1 is 0.933 bits per heavy atom. The summed E-state index contributed by atoms with van der Waals surface area (Å²) in [5.74, 6) is -1.48. The summed E-state index contributed by atoms with van der Waals surface area (Å²) in [5, 5.41) is 3.30. The van der Waals surface area contributed by atoms with Gasteiger partial charge in [0.05, 0.1) is 25.3 Å². The van der Waals surface area contributed by atoms with E-state index in [2.05, 4.69) is 19.8 Å². The zero-order valence-corrected chi connectivity index (χ0v) is 16.2. The van der Waals surface area contributed by atoms with Gasteiger partial charge in [-0.05, 0) is 42.0 Å². The van der Waals surface area contributed by atoms with Crippen molar-refractivity contribution < 1.29 is 23.9 Å². The smallest absolute Gasteiger partial charge is 0.337 e. The number of benzene rings is 2. The van der Waals surface area contributed by atoms with E-state index in [1.165, 1.54) is 44.6 Å². The summed E-state index contributed by atoms with van der Waals surface area (Å²) in [7, 11) is 2.55. The molecule has 2 N–H and O–H groups in total. The third-order valence-corrected chi connectivity index (χ3v) is 4.26. The van der Waals surface area contributed by atoms with E-state index < -0.39 is 17.8 Å². The Kier molecular flexibility index (Phi) is 6.07. The molecule has 0 spiro atoms. The van der Waals surface area contributed by atoms with Gasteiger partial charge < -0.3 is 19.8 Å². The SMILES string of the molecule is COC(=O)c1cccc(NC(=O)/C=C\c2cc(=O)[nH]c3cc(C(=O)OC)ccc23)c1. The molecule has 0 fully saturated rings. The van der Waals surface area contributed by atoms with E-state index in [4.69, 9.17) is 0 Å². The predicted octanol–water partition coefficient (Wildman–Crippen LogP) is 2.75. The van der Waals surface area contributed by atoms with E-state index in [0.29, 0.717) is 33.3 Å². The first-order valence-corrected chi connectivity index (χ1v) is 8.84. The van der Waals surface area contributed by atoms with Crippen molar-refractivity contribution in [2.75, 3.05) is 19.5 Å². The fraction of sp³-hybridized carbons (Fsp3) is 0.0909. The van der Waals surface area contributed by atoms with Crippen molar-refractivity contribution in [2.24, 2.45) is 0 Å². The number of methoxy groups -OCH3 is 2. The van der Waals surface area contributed by atoms with E-state index in [-0.39, 0.29) is 5.56 Å². The number of H-pyrrole nitrogens is 1. The normalized spacial score (nSPS) is 10.7. The van der Waals surface area contributed by atoms with Crippen LogP contribution in [0, 0.1) is 0 Å². The number of aromatic nitrogens is 1. The fourth-order valence-corrected chi connectivity index (χ4v) is 2.86. The number of carbonyl (C=O) groups is 3. The number of pyridine rings is 1. The zero-order chi connectivity index (χ0) is 21.7. The van der Waals surface area contributed by atoms with Crippen molar-refractivity contribution in [1.82, 2.24) is 4.98 Å². The van der Waals surface area contributed by atoms with E-state index in [0.717, 1.165) is 0 Å². The van der Waals surface area contributed by atoms with Gasteiger partial charge in [0.25, 0.3) is 0 Å². The molecule has 0 radical (unpaired) electrons. The third-order valence-electron chi connectivity index (χ3n) is 4.26. The summed E-state index contributed by atoms with van der Waals surface area (Å²) in [6.07, 6.45) is 2.77. The second-order valence-electron chi connectivity index (χ2n) is 6.24. The molecule has 3 rings (SSSR count). The number of anilines is 1. The first kappa shape index (κ1) is 20.5. The van der Waals surface area contributed by atoms with Crippen molar-refractivity contribution in [3.05, 3.63) is 81.7 Å². The number of nitrogens with one attached hydrogen (secondary N) is 2. The van der Waals surface area contributed by atoms with Gasteiger partial charge in [-0.25, -0.2) is 9.59 Å². The van der Waals surface area contributed by atoms with Crippen LogP contribution in [0.15, 0.2) is 59.4 Å². The lowest BCUT2D eigenvalue weighted by molar-refractivity contribution is -0.111. The Morgan fingerprint density at radius 2 is 1.63 bits per heavy atom. The summed E-state index contributed by atoms with van der Waals surface area (Å²) in [6.45, 7) is 0. The molecule has 0 aliphatic heterocycles. The van der Waals surface area contributed by atoms with Gasteiger partial charge in [0, 0.05) is 28.7 Å². The summed E-state index contributed by atoms with van der Waals surface area (Å²) >= 11 is 0. The molecular weight excluding hydrogens is 388 g/mol. The number of hydrogen-bond donors (Lipinski definition) is 2. The monoisotopic (exact) mass is 406 g/mol. The molecule has 30 heavy (non-hydrogen) atoms. The highest BCUT2D eigenvalue weighted by Crippen LogP contribution is 2.19. The van der Waals surface area contributed by atoms with Crippen LogP contribution in [-0.4, -0.2) is 37.0 Å². The highest BCUT2D eigenvalue weighted by Gasteiger charge is 2.09. The van der Waals surface area contributed by atoms with Crippen LogP contribution in [0.5, 0.6) is 0 Å². The molecule has 1 aromatic heterocycles. The van der Waals surface area contributed by atoms with Crippen LogP contribution in [-0.2, 0) is 14.3 Å². The number of amides is 1. The lowest BCUT2D eigenvalue weighted by atomic mass is 10.1. The number of ether oxygens (including phenoxy) is 2. The lowest BCUT2D eigenvalue weighted by Crippen LogP contribution is -2.10. The minimum atomic E-state index is -0.521. The highest BCUT2D eigenvalue weighted by molar-refractivity contribution is 6.04. The van der Waals surface area contributed by atoms with Crippen molar-refractivity contribution >= 4 is 40.5 Å². The molecule has 1 heterocycles. The molecule has 2 aromatic carbocycles. The Balaban J connectivity index is 1.85. The second-order valence-corrected chi connectivity index (χ2v) is 6.24. The van der Waals surface area contributed by atoms with Crippen molar-refractivity contribution in [3.8, 4) is 0 Å². The van der Waals surface area contributed by atoms with Crippen LogP contribution in [0.1, 0.15) is 26.3 Å². The van der Waals surface area contributed by atoms with Crippen LogP contribution >= 0.6 is 0 Å². The molecule has 0 bridgehead atoms. The average Bonchev–Trinajstić information content (AvgIpc) is 2.75. The number of hydrogen-bond acceptors (Lipinski definition) is 6. The molecule has 0 saturated carbocycles. The van der Waals surface area contributed by atoms with Crippen molar-refractivity contribution in [3.63, 3.8) is 0 Å². The number of fused-ring (bicyclic) bond motifs is 1. The molecule has 8 nitrogen and oxygen atoms in total. The van der Waals surface area contributed by atoms with Gasteiger partial charge in [-0.3, -0.25) is 9.59 Å². The molecule has 0 saturated heterocycles.